The monoisotopic (exact) mass is 167 g/mol. The van der Waals surface area contributed by atoms with Crippen LogP contribution in [0.3, 0.4) is 0 Å². The highest BCUT2D eigenvalue weighted by Gasteiger charge is 2.17. The van der Waals surface area contributed by atoms with Crippen LogP contribution in [0, 0.1) is 6.92 Å². The van der Waals surface area contributed by atoms with E-state index in [2.05, 4.69) is 18.4 Å². The van der Waals surface area contributed by atoms with Crippen LogP contribution in [0.25, 0.3) is 0 Å². The van der Waals surface area contributed by atoms with Gasteiger partial charge in [0, 0.05) is 38.8 Å². The Bertz CT molecular complexity index is 171. The van der Waals surface area contributed by atoms with Gasteiger partial charge in [0.1, 0.15) is 0 Å². The van der Waals surface area contributed by atoms with Gasteiger partial charge in [0.05, 0.1) is 0 Å². The fourth-order valence-corrected chi connectivity index (χ4v) is 1.34. The highest BCUT2D eigenvalue weighted by molar-refractivity contribution is 5.73. The van der Waals surface area contributed by atoms with E-state index < -0.39 is 0 Å². The summed E-state index contributed by atoms with van der Waals surface area (Å²) < 4.78 is 0. The number of carbonyl (C=O) groups excluding carboxylic acids is 1. The minimum Gasteiger partial charge on any atom is -0.372 e. The predicted octanol–water partition coefficient (Wildman–Crippen LogP) is 0.498. The molecule has 67 valence electrons. The molecular formula is C9H15N2O. The lowest BCUT2D eigenvalue weighted by Gasteiger charge is -2.35. The number of nitrogens with zero attached hydrogens (tertiary/aromatic N) is 2. The van der Waals surface area contributed by atoms with Crippen LogP contribution in [0.4, 0.5) is 0 Å². The Morgan fingerprint density at radius 2 is 1.58 bits per heavy atom. The molecule has 1 radical (unpaired) electrons. The van der Waals surface area contributed by atoms with Crippen LogP contribution in [0.15, 0.2) is 12.3 Å². The van der Waals surface area contributed by atoms with Crippen molar-refractivity contribution in [2.75, 3.05) is 26.2 Å². The Hall–Kier alpha value is -0.990. The molecule has 0 aliphatic carbocycles. The van der Waals surface area contributed by atoms with Gasteiger partial charge in [-0.15, -0.1) is 0 Å². The van der Waals surface area contributed by atoms with Crippen molar-refractivity contribution in [2.24, 2.45) is 0 Å². The van der Waals surface area contributed by atoms with E-state index in [9.17, 15) is 4.79 Å². The van der Waals surface area contributed by atoms with Gasteiger partial charge in [0.25, 0.3) is 0 Å². The molecule has 0 atom stereocenters. The van der Waals surface area contributed by atoms with Gasteiger partial charge in [-0.2, -0.15) is 0 Å². The van der Waals surface area contributed by atoms with Crippen molar-refractivity contribution < 1.29 is 4.79 Å². The second kappa shape index (κ2) is 3.61. The Morgan fingerprint density at radius 1 is 1.17 bits per heavy atom. The lowest BCUT2D eigenvalue weighted by molar-refractivity contribution is -0.130. The molecule has 0 aromatic heterocycles. The fourth-order valence-electron chi connectivity index (χ4n) is 1.34. The molecule has 0 unspecified atom stereocenters. The molecular weight excluding hydrogens is 152 g/mol. The maximum atomic E-state index is 10.9. The summed E-state index contributed by atoms with van der Waals surface area (Å²) >= 11 is 0. The van der Waals surface area contributed by atoms with E-state index in [1.807, 2.05) is 4.90 Å². The summed E-state index contributed by atoms with van der Waals surface area (Å²) in [5.74, 6) is 0.157. The zero-order valence-corrected chi connectivity index (χ0v) is 7.55. The number of amides is 1. The van der Waals surface area contributed by atoms with E-state index in [4.69, 9.17) is 0 Å². The Morgan fingerprint density at radius 3 is 1.92 bits per heavy atom. The molecule has 0 N–H and O–H groups in total. The van der Waals surface area contributed by atoms with Crippen molar-refractivity contribution in [1.82, 2.24) is 9.80 Å². The molecule has 3 heteroatoms. The van der Waals surface area contributed by atoms with Crippen LogP contribution in [0.5, 0.6) is 0 Å². The normalized spacial score (nSPS) is 17.8. The molecule has 0 saturated carbocycles. The molecule has 1 heterocycles. The van der Waals surface area contributed by atoms with E-state index >= 15 is 0 Å². The van der Waals surface area contributed by atoms with Crippen LogP contribution >= 0.6 is 0 Å². The average molecular weight is 167 g/mol. The lowest BCUT2D eigenvalue weighted by atomic mass is 10.3. The van der Waals surface area contributed by atoms with Crippen molar-refractivity contribution >= 4 is 5.91 Å². The molecule has 1 aliphatic rings. The first-order valence-electron chi connectivity index (χ1n) is 4.12. The molecule has 1 aliphatic heterocycles. The lowest BCUT2D eigenvalue weighted by Crippen LogP contribution is -2.47. The van der Waals surface area contributed by atoms with Gasteiger partial charge in [-0.25, -0.2) is 0 Å². The molecule has 0 spiro atoms. The second-order valence-electron chi connectivity index (χ2n) is 3.06. The quantitative estimate of drug-likeness (QED) is 0.567. The molecule has 0 aromatic carbocycles. The van der Waals surface area contributed by atoms with E-state index in [0.29, 0.717) is 0 Å². The zero-order chi connectivity index (χ0) is 9.14. The summed E-state index contributed by atoms with van der Waals surface area (Å²) in [7, 11) is 0. The topological polar surface area (TPSA) is 23.6 Å². The number of allylic oxidation sites excluding steroid dienone is 1. The van der Waals surface area contributed by atoms with Gasteiger partial charge in [-0.1, -0.05) is 6.58 Å². The van der Waals surface area contributed by atoms with Gasteiger partial charge < -0.3 is 9.80 Å². The number of carbonyl (C=O) groups is 1. The SMILES string of the molecule is [CH2]C(=C)N1CCN(C(C)=O)CC1. The summed E-state index contributed by atoms with van der Waals surface area (Å²) in [5, 5.41) is 0. The van der Waals surface area contributed by atoms with Crippen LogP contribution in [-0.4, -0.2) is 41.9 Å². The number of rotatable bonds is 1. The minimum atomic E-state index is 0.157. The largest absolute Gasteiger partial charge is 0.372 e. The van der Waals surface area contributed by atoms with Crippen molar-refractivity contribution in [3.05, 3.63) is 19.2 Å². The average Bonchev–Trinajstić information content (AvgIpc) is 2.04. The summed E-state index contributed by atoms with van der Waals surface area (Å²) in [6, 6.07) is 0. The summed E-state index contributed by atoms with van der Waals surface area (Å²) in [5.41, 5.74) is 0.846. The van der Waals surface area contributed by atoms with Gasteiger partial charge in [-0.05, 0) is 6.92 Å². The summed E-state index contributed by atoms with van der Waals surface area (Å²) in [4.78, 5) is 14.9. The van der Waals surface area contributed by atoms with Crippen molar-refractivity contribution in [1.29, 1.82) is 0 Å². The first-order valence-corrected chi connectivity index (χ1v) is 4.12. The maximum Gasteiger partial charge on any atom is 0.219 e. The van der Waals surface area contributed by atoms with Crippen LogP contribution in [-0.2, 0) is 4.79 Å². The van der Waals surface area contributed by atoms with Crippen molar-refractivity contribution in [3.8, 4) is 0 Å². The molecule has 1 saturated heterocycles. The number of piperazine rings is 1. The second-order valence-corrected chi connectivity index (χ2v) is 3.06. The van der Waals surface area contributed by atoms with Crippen molar-refractivity contribution in [2.45, 2.75) is 6.92 Å². The summed E-state index contributed by atoms with van der Waals surface area (Å²) in [6.45, 7) is 12.4. The summed E-state index contributed by atoms with van der Waals surface area (Å²) in [6.07, 6.45) is 0. The van der Waals surface area contributed by atoms with Crippen LogP contribution < -0.4 is 0 Å². The maximum absolute atomic E-state index is 10.9. The Labute approximate surface area is 73.6 Å². The molecule has 12 heavy (non-hydrogen) atoms. The van der Waals surface area contributed by atoms with Crippen LogP contribution in [0.1, 0.15) is 6.92 Å². The van der Waals surface area contributed by atoms with E-state index in [1.54, 1.807) is 6.92 Å². The minimum absolute atomic E-state index is 0.157. The number of hydrogen-bond donors (Lipinski definition) is 0. The highest BCUT2D eigenvalue weighted by atomic mass is 16.2. The van der Waals surface area contributed by atoms with Gasteiger partial charge in [-0.3, -0.25) is 4.79 Å². The molecule has 0 bridgehead atoms. The fraction of sp³-hybridized carbons (Fsp3) is 0.556. The highest BCUT2D eigenvalue weighted by Crippen LogP contribution is 2.06. The van der Waals surface area contributed by atoms with Gasteiger partial charge in [0.15, 0.2) is 0 Å². The molecule has 1 amide bonds. The third kappa shape index (κ3) is 2.00. The number of hydrogen-bond acceptors (Lipinski definition) is 2. The molecule has 0 aromatic rings. The van der Waals surface area contributed by atoms with Gasteiger partial charge >= 0.3 is 0 Å². The van der Waals surface area contributed by atoms with Crippen molar-refractivity contribution in [3.63, 3.8) is 0 Å². The van der Waals surface area contributed by atoms with E-state index in [0.717, 1.165) is 31.9 Å². The standard InChI is InChI=1S/C9H15N2O/c1-8(2)10-4-6-11(7-5-10)9(3)12/h1-2,4-7H2,3H3. The smallest absolute Gasteiger partial charge is 0.219 e. The Balaban J connectivity index is 2.39. The molecule has 1 rings (SSSR count). The Kier molecular flexibility index (Phi) is 2.74. The third-order valence-corrected chi connectivity index (χ3v) is 2.17. The molecule has 1 fully saturated rings. The predicted molar refractivity (Wildman–Crippen MR) is 48.3 cm³/mol. The van der Waals surface area contributed by atoms with E-state index in [1.165, 1.54) is 0 Å². The van der Waals surface area contributed by atoms with Gasteiger partial charge in [0.2, 0.25) is 5.91 Å². The first kappa shape index (κ1) is 9.10. The third-order valence-electron chi connectivity index (χ3n) is 2.17. The zero-order valence-electron chi connectivity index (χ0n) is 7.55. The van der Waals surface area contributed by atoms with Crippen LogP contribution in [0.2, 0.25) is 0 Å². The molecule has 3 nitrogen and oxygen atoms in total. The first-order chi connectivity index (χ1) is 5.61. The van der Waals surface area contributed by atoms with E-state index in [-0.39, 0.29) is 5.91 Å².